The number of nitrogens with zero attached hydrogens (tertiary/aromatic N) is 2. The van der Waals surface area contributed by atoms with Crippen LogP contribution in [0, 0.1) is 12.3 Å². The topological polar surface area (TPSA) is 46.9 Å². The standard InChI is InChI=1S/C22H25N3OS/c1-15-6-8-16(9-7-15)25-20-13-22(2,3)12-19(18(20)14-23-25)24-21(26)11-17-5-4-10-27-17/h4-10,14,19H,11-13H2,1-3H3,(H,24,26)/t19-/m1/s1. The maximum Gasteiger partial charge on any atom is 0.225 e. The molecule has 0 spiro atoms. The summed E-state index contributed by atoms with van der Waals surface area (Å²) in [6.07, 6.45) is 4.25. The van der Waals surface area contributed by atoms with Crippen LogP contribution < -0.4 is 5.32 Å². The van der Waals surface area contributed by atoms with Crippen molar-refractivity contribution in [1.82, 2.24) is 15.1 Å². The van der Waals surface area contributed by atoms with Gasteiger partial charge in [0.15, 0.2) is 0 Å². The number of rotatable bonds is 4. The average Bonchev–Trinajstić information content (AvgIpc) is 3.24. The fraction of sp³-hybridized carbons (Fsp3) is 0.364. The van der Waals surface area contributed by atoms with Crippen molar-refractivity contribution in [2.24, 2.45) is 5.41 Å². The van der Waals surface area contributed by atoms with Crippen molar-refractivity contribution < 1.29 is 4.79 Å². The Morgan fingerprint density at radius 2 is 2.07 bits per heavy atom. The molecule has 2 aromatic heterocycles. The zero-order valence-corrected chi connectivity index (χ0v) is 16.8. The number of thiophene rings is 1. The molecule has 140 valence electrons. The van der Waals surface area contributed by atoms with E-state index in [1.807, 2.05) is 28.4 Å². The Hall–Kier alpha value is -2.40. The summed E-state index contributed by atoms with van der Waals surface area (Å²) in [6.45, 7) is 6.62. The third-order valence-electron chi connectivity index (χ3n) is 5.21. The van der Waals surface area contributed by atoms with Gasteiger partial charge in [-0.1, -0.05) is 37.6 Å². The zero-order chi connectivity index (χ0) is 19.0. The second kappa shape index (κ2) is 6.97. The molecule has 1 aliphatic carbocycles. The van der Waals surface area contributed by atoms with Gasteiger partial charge in [0, 0.05) is 10.4 Å². The highest BCUT2D eigenvalue weighted by atomic mass is 32.1. The number of benzene rings is 1. The smallest absolute Gasteiger partial charge is 0.225 e. The monoisotopic (exact) mass is 379 g/mol. The van der Waals surface area contributed by atoms with Crippen molar-refractivity contribution >= 4 is 17.2 Å². The van der Waals surface area contributed by atoms with Crippen LogP contribution in [0.2, 0.25) is 0 Å². The highest BCUT2D eigenvalue weighted by molar-refractivity contribution is 7.10. The molecule has 0 aliphatic heterocycles. The summed E-state index contributed by atoms with van der Waals surface area (Å²) in [7, 11) is 0. The Kier molecular flexibility index (Phi) is 4.64. The minimum Gasteiger partial charge on any atom is -0.349 e. The largest absolute Gasteiger partial charge is 0.349 e. The van der Waals surface area contributed by atoms with Crippen LogP contribution in [0.3, 0.4) is 0 Å². The molecule has 2 heterocycles. The van der Waals surface area contributed by atoms with Gasteiger partial charge in [0.05, 0.1) is 30.0 Å². The SMILES string of the molecule is Cc1ccc(-n2ncc3c2CC(C)(C)C[C@H]3NC(=O)Cc2cccs2)cc1. The van der Waals surface area contributed by atoms with E-state index in [0.717, 1.165) is 29.0 Å². The number of nitrogens with one attached hydrogen (secondary N) is 1. The van der Waals surface area contributed by atoms with E-state index < -0.39 is 0 Å². The lowest BCUT2D eigenvalue weighted by Crippen LogP contribution is -2.37. The molecule has 4 nitrogen and oxygen atoms in total. The molecule has 1 atom stereocenters. The van der Waals surface area contributed by atoms with Crippen molar-refractivity contribution in [3.8, 4) is 5.69 Å². The molecule has 1 aromatic carbocycles. The molecule has 0 radical (unpaired) electrons. The highest BCUT2D eigenvalue weighted by Crippen LogP contribution is 2.41. The van der Waals surface area contributed by atoms with Gasteiger partial charge in [0.25, 0.3) is 0 Å². The van der Waals surface area contributed by atoms with Gasteiger partial charge in [-0.15, -0.1) is 11.3 Å². The van der Waals surface area contributed by atoms with Crippen molar-refractivity contribution in [3.05, 3.63) is 69.7 Å². The number of amides is 1. The first-order chi connectivity index (χ1) is 12.9. The van der Waals surface area contributed by atoms with Crippen LogP contribution in [0.15, 0.2) is 48.0 Å². The first-order valence-electron chi connectivity index (χ1n) is 9.37. The minimum absolute atomic E-state index is 0.00964. The second-order valence-electron chi connectivity index (χ2n) is 8.22. The number of hydrogen-bond donors (Lipinski definition) is 1. The Bertz CT molecular complexity index is 939. The zero-order valence-electron chi connectivity index (χ0n) is 16.0. The molecule has 0 saturated heterocycles. The molecule has 5 heteroatoms. The lowest BCUT2D eigenvalue weighted by atomic mass is 9.74. The van der Waals surface area contributed by atoms with Gasteiger partial charge >= 0.3 is 0 Å². The first-order valence-corrected chi connectivity index (χ1v) is 10.2. The summed E-state index contributed by atoms with van der Waals surface area (Å²) < 4.78 is 2.04. The molecule has 4 rings (SSSR count). The van der Waals surface area contributed by atoms with E-state index in [2.05, 4.69) is 55.5 Å². The molecule has 0 fully saturated rings. The van der Waals surface area contributed by atoms with Gasteiger partial charge in [-0.3, -0.25) is 4.79 Å². The van der Waals surface area contributed by atoms with Gasteiger partial charge in [-0.25, -0.2) is 4.68 Å². The van der Waals surface area contributed by atoms with Crippen LogP contribution in [-0.2, 0) is 17.6 Å². The van der Waals surface area contributed by atoms with Gasteiger partial charge < -0.3 is 5.32 Å². The predicted octanol–water partition coefficient (Wildman–Crippen LogP) is 4.61. The quantitative estimate of drug-likeness (QED) is 0.719. The normalized spacial score (nSPS) is 18.1. The fourth-order valence-electron chi connectivity index (χ4n) is 3.90. The van der Waals surface area contributed by atoms with E-state index in [1.54, 1.807) is 11.3 Å². The van der Waals surface area contributed by atoms with E-state index >= 15 is 0 Å². The number of aromatic nitrogens is 2. The van der Waals surface area contributed by atoms with Crippen LogP contribution in [-0.4, -0.2) is 15.7 Å². The van der Waals surface area contributed by atoms with Crippen molar-refractivity contribution in [3.63, 3.8) is 0 Å². The first kappa shape index (κ1) is 18.0. The van der Waals surface area contributed by atoms with Gasteiger partial charge in [-0.05, 0) is 48.8 Å². The summed E-state index contributed by atoms with van der Waals surface area (Å²) in [5.41, 5.74) is 4.77. The number of hydrogen-bond acceptors (Lipinski definition) is 3. The fourth-order valence-corrected chi connectivity index (χ4v) is 4.60. The maximum atomic E-state index is 12.6. The minimum atomic E-state index is 0.00964. The number of carbonyl (C=O) groups excluding carboxylic acids is 1. The van der Waals surface area contributed by atoms with Crippen LogP contribution in [0.1, 0.15) is 48.0 Å². The molecule has 1 aliphatic rings. The van der Waals surface area contributed by atoms with Gasteiger partial charge in [-0.2, -0.15) is 5.10 Å². The molecular formula is C22H25N3OS. The number of fused-ring (bicyclic) bond motifs is 1. The molecule has 3 aromatic rings. The third kappa shape index (κ3) is 3.83. The lowest BCUT2D eigenvalue weighted by Gasteiger charge is -2.36. The number of aryl methyl sites for hydroxylation is 1. The summed E-state index contributed by atoms with van der Waals surface area (Å²) in [4.78, 5) is 13.7. The summed E-state index contributed by atoms with van der Waals surface area (Å²) in [5, 5.41) is 9.93. The third-order valence-corrected chi connectivity index (χ3v) is 6.08. The Labute approximate surface area is 164 Å². The average molecular weight is 380 g/mol. The van der Waals surface area contributed by atoms with E-state index in [0.29, 0.717) is 6.42 Å². The highest BCUT2D eigenvalue weighted by Gasteiger charge is 2.36. The van der Waals surface area contributed by atoms with Gasteiger partial charge in [0.2, 0.25) is 5.91 Å². The van der Waals surface area contributed by atoms with Crippen LogP contribution in [0.5, 0.6) is 0 Å². The molecule has 0 saturated carbocycles. The van der Waals surface area contributed by atoms with Crippen LogP contribution in [0.4, 0.5) is 0 Å². The van der Waals surface area contributed by atoms with Crippen LogP contribution in [0.25, 0.3) is 5.69 Å². The molecular weight excluding hydrogens is 354 g/mol. The molecule has 1 amide bonds. The van der Waals surface area contributed by atoms with Crippen molar-refractivity contribution in [2.45, 2.75) is 46.1 Å². The Balaban J connectivity index is 1.62. The predicted molar refractivity (Wildman–Crippen MR) is 109 cm³/mol. The van der Waals surface area contributed by atoms with Crippen molar-refractivity contribution in [2.75, 3.05) is 0 Å². The lowest BCUT2D eigenvalue weighted by molar-refractivity contribution is -0.121. The molecule has 0 unspecified atom stereocenters. The van der Waals surface area contributed by atoms with E-state index in [1.165, 1.54) is 11.3 Å². The number of carbonyl (C=O) groups is 1. The summed E-state index contributed by atoms with van der Waals surface area (Å²) >= 11 is 1.62. The Morgan fingerprint density at radius 3 is 2.78 bits per heavy atom. The summed E-state index contributed by atoms with van der Waals surface area (Å²) in [6, 6.07) is 12.4. The molecule has 27 heavy (non-hydrogen) atoms. The van der Waals surface area contributed by atoms with E-state index in [4.69, 9.17) is 0 Å². The van der Waals surface area contributed by atoms with Crippen LogP contribution >= 0.6 is 11.3 Å². The molecule has 0 bridgehead atoms. The summed E-state index contributed by atoms with van der Waals surface area (Å²) in [5.74, 6) is 0.0779. The maximum absolute atomic E-state index is 12.6. The molecule has 1 N–H and O–H groups in total. The Morgan fingerprint density at radius 1 is 1.30 bits per heavy atom. The van der Waals surface area contributed by atoms with E-state index in [9.17, 15) is 4.79 Å². The second-order valence-corrected chi connectivity index (χ2v) is 9.25. The van der Waals surface area contributed by atoms with E-state index in [-0.39, 0.29) is 17.4 Å². The van der Waals surface area contributed by atoms with Crippen molar-refractivity contribution in [1.29, 1.82) is 0 Å². The van der Waals surface area contributed by atoms with Gasteiger partial charge in [0.1, 0.15) is 0 Å².